The maximum absolute atomic E-state index is 13.1. The number of benzene rings is 2. The van der Waals surface area contributed by atoms with Crippen molar-refractivity contribution in [3.8, 4) is 17.2 Å². The summed E-state index contributed by atoms with van der Waals surface area (Å²) in [6, 6.07) is 11.8. The number of hydrogen-bond donors (Lipinski definition) is 2. The first kappa shape index (κ1) is 31.6. The zero-order chi connectivity index (χ0) is 30.9. The number of anilines is 1. The second-order valence-electron chi connectivity index (χ2n) is 10.1. The summed E-state index contributed by atoms with van der Waals surface area (Å²) >= 11 is 1.44. The molecule has 0 fully saturated rings. The molecule has 228 valence electrons. The first-order chi connectivity index (χ1) is 20.7. The number of carbonyl (C=O) groups is 3. The minimum atomic E-state index is -0.848. The lowest BCUT2D eigenvalue weighted by Gasteiger charge is -2.18. The van der Waals surface area contributed by atoms with Crippen LogP contribution in [0, 0.1) is 5.92 Å². The van der Waals surface area contributed by atoms with Crippen molar-refractivity contribution in [1.82, 2.24) is 5.43 Å². The van der Waals surface area contributed by atoms with Crippen molar-refractivity contribution >= 4 is 40.3 Å². The van der Waals surface area contributed by atoms with Crippen LogP contribution < -0.4 is 25.0 Å². The van der Waals surface area contributed by atoms with E-state index in [2.05, 4.69) is 22.8 Å². The van der Waals surface area contributed by atoms with Gasteiger partial charge in [0.1, 0.15) is 10.8 Å². The lowest BCUT2D eigenvalue weighted by Crippen LogP contribution is -2.33. The van der Waals surface area contributed by atoms with E-state index in [0.29, 0.717) is 45.9 Å². The maximum Gasteiger partial charge on any atom is 0.341 e. The molecule has 1 heterocycles. The van der Waals surface area contributed by atoms with Crippen LogP contribution in [0.2, 0.25) is 0 Å². The van der Waals surface area contributed by atoms with Crippen LogP contribution >= 0.6 is 11.3 Å². The summed E-state index contributed by atoms with van der Waals surface area (Å²) in [4.78, 5) is 39.5. The summed E-state index contributed by atoms with van der Waals surface area (Å²) in [7, 11) is 1.55. The average molecular weight is 608 g/mol. The largest absolute Gasteiger partial charge is 0.493 e. The molecule has 0 saturated heterocycles. The number of amides is 2. The van der Waals surface area contributed by atoms with Gasteiger partial charge in [0.25, 0.3) is 11.8 Å². The highest BCUT2D eigenvalue weighted by molar-refractivity contribution is 7.17. The van der Waals surface area contributed by atoms with Crippen LogP contribution in [0.5, 0.6) is 17.2 Å². The van der Waals surface area contributed by atoms with Gasteiger partial charge in [-0.3, -0.25) is 9.59 Å². The summed E-state index contributed by atoms with van der Waals surface area (Å²) in [5, 5.41) is 7.43. The van der Waals surface area contributed by atoms with Crippen molar-refractivity contribution in [3.63, 3.8) is 0 Å². The van der Waals surface area contributed by atoms with Crippen molar-refractivity contribution < 1.29 is 33.3 Å². The number of rotatable bonds is 12. The van der Waals surface area contributed by atoms with E-state index in [1.165, 1.54) is 17.6 Å². The molecule has 2 aromatic carbocycles. The van der Waals surface area contributed by atoms with Gasteiger partial charge in [0.2, 0.25) is 0 Å². The van der Waals surface area contributed by atoms with Crippen LogP contribution in [-0.2, 0) is 22.4 Å². The van der Waals surface area contributed by atoms with Gasteiger partial charge in [0.15, 0.2) is 17.6 Å². The number of hydrazone groups is 1. The van der Waals surface area contributed by atoms with Crippen LogP contribution in [0.1, 0.15) is 70.8 Å². The summed E-state index contributed by atoms with van der Waals surface area (Å²) in [5.74, 6) is 0.911. The van der Waals surface area contributed by atoms with Crippen molar-refractivity contribution in [3.05, 3.63) is 69.6 Å². The predicted octanol–water partition coefficient (Wildman–Crippen LogP) is 5.63. The van der Waals surface area contributed by atoms with Crippen molar-refractivity contribution in [2.45, 2.75) is 53.1 Å². The third-order valence-electron chi connectivity index (χ3n) is 6.89. The van der Waals surface area contributed by atoms with E-state index in [1.54, 1.807) is 63.4 Å². The molecule has 3 aromatic rings. The number of methoxy groups -OCH3 is 1. The Morgan fingerprint density at radius 3 is 2.56 bits per heavy atom. The standard InChI is InChI=1S/C32H37N3O7S/c1-6-40-25-15-9-21(17-26(25)39-5)18-33-35-29(36)20(4)42-23-12-10-22(11-13-23)30(37)34-31-28(32(38)41-7-2)24-14-8-19(3)16-27(24)43-31/h9-13,15,17-20H,6-8,14,16H2,1-5H3,(H,34,37)(H,35,36). The molecule has 0 aliphatic heterocycles. The number of thiophene rings is 1. The van der Waals surface area contributed by atoms with Crippen molar-refractivity contribution in [2.24, 2.45) is 11.0 Å². The van der Waals surface area contributed by atoms with E-state index in [0.717, 1.165) is 35.3 Å². The Labute approximate surface area is 255 Å². The minimum absolute atomic E-state index is 0.259. The predicted molar refractivity (Wildman–Crippen MR) is 166 cm³/mol. The minimum Gasteiger partial charge on any atom is -0.493 e. The molecule has 1 aromatic heterocycles. The number of fused-ring (bicyclic) bond motifs is 1. The number of esters is 1. The number of nitrogens with zero attached hydrogens (tertiary/aromatic N) is 1. The monoisotopic (exact) mass is 607 g/mol. The Hall–Kier alpha value is -4.38. The van der Waals surface area contributed by atoms with E-state index < -0.39 is 18.0 Å². The zero-order valence-electron chi connectivity index (χ0n) is 25.0. The normalized spacial score (nSPS) is 14.9. The van der Waals surface area contributed by atoms with Crippen molar-refractivity contribution in [1.29, 1.82) is 0 Å². The highest BCUT2D eigenvalue weighted by Crippen LogP contribution is 2.40. The average Bonchev–Trinajstić information content (AvgIpc) is 3.35. The molecule has 1 aliphatic rings. The van der Waals surface area contributed by atoms with Gasteiger partial charge in [-0.25, -0.2) is 10.2 Å². The highest BCUT2D eigenvalue weighted by atomic mass is 32.1. The fourth-order valence-electron chi connectivity index (χ4n) is 4.68. The molecule has 0 spiro atoms. The van der Waals surface area contributed by atoms with Crippen molar-refractivity contribution in [2.75, 3.05) is 25.6 Å². The molecule has 0 saturated carbocycles. The number of carbonyl (C=O) groups excluding carboxylic acids is 3. The van der Waals surface area contributed by atoms with Gasteiger partial charge in [-0.05, 0) is 99.5 Å². The van der Waals surface area contributed by atoms with Gasteiger partial charge in [-0.1, -0.05) is 6.92 Å². The lowest BCUT2D eigenvalue weighted by atomic mass is 9.88. The molecule has 2 atom stereocenters. The second-order valence-corrected chi connectivity index (χ2v) is 11.2. The van der Waals surface area contributed by atoms with Gasteiger partial charge in [0.05, 0.1) is 32.1 Å². The molecule has 2 unspecified atom stereocenters. The molecule has 1 aliphatic carbocycles. The van der Waals surface area contributed by atoms with Gasteiger partial charge in [-0.2, -0.15) is 5.10 Å². The Morgan fingerprint density at radius 2 is 1.86 bits per heavy atom. The Kier molecular flexibility index (Phi) is 10.8. The third-order valence-corrected chi connectivity index (χ3v) is 8.06. The fraction of sp³-hybridized carbons (Fsp3) is 0.375. The molecule has 4 rings (SSSR count). The summed E-state index contributed by atoms with van der Waals surface area (Å²) < 4.78 is 21.9. The van der Waals surface area contributed by atoms with Gasteiger partial charge < -0.3 is 24.3 Å². The third kappa shape index (κ3) is 7.92. The van der Waals surface area contributed by atoms with Crippen LogP contribution in [0.3, 0.4) is 0 Å². The smallest absolute Gasteiger partial charge is 0.341 e. The van der Waals surface area contributed by atoms with E-state index >= 15 is 0 Å². The fourth-order valence-corrected chi connectivity index (χ4v) is 6.07. The quantitative estimate of drug-likeness (QED) is 0.155. The number of ether oxygens (including phenoxy) is 4. The number of nitrogens with one attached hydrogen (secondary N) is 2. The molecular weight excluding hydrogens is 570 g/mol. The Balaban J connectivity index is 1.35. The van der Waals surface area contributed by atoms with E-state index in [1.807, 2.05) is 6.92 Å². The lowest BCUT2D eigenvalue weighted by molar-refractivity contribution is -0.127. The molecule has 43 heavy (non-hydrogen) atoms. The van der Waals surface area contributed by atoms with Gasteiger partial charge >= 0.3 is 5.97 Å². The molecular formula is C32H37N3O7S. The van der Waals surface area contributed by atoms with E-state index in [4.69, 9.17) is 18.9 Å². The maximum atomic E-state index is 13.1. The van der Waals surface area contributed by atoms with Gasteiger partial charge in [0, 0.05) is 10.4 Å². The van der Waals surface area contributed by atoms with E-state index in [-0.39, 0.29) is 12.5 Å². The highest BCUT2D eigenvalue weighted by Gasteiger charge is 2.29. The summed E-state index contributed by atoms with van der Waals surface area (Å²) in [6.07, 6.45) is 3.30. The van der Waals surface area contributed by atoms with Crippen LogP contribution in [0.25, 0.3) is 0 Å². The zero-order valence-corrected chi connectivity index (χ0v) is 25.8. The SMILES string of the molecule is CCOC(=O)c1c(NC(=O)c2ccc(OC(C)C(=O)NN=Cc3ccc(OCC)c(OC)c3)cc2)sc2c1CCC(C)C2. The molecule has 0 bridgehead atoms. The molecule has 10 nitrogen and oxygen atoms in total. The summed E-state index contributed by atoms with van der Waals surface area (Å²) in [5.41, 5.74) is 5.01. The first-order valence-corrected chi connectivity index (χ1v) is 15.1. The molecule has 2 N–H and O–H groups in total. The molecule has 11 heteroatoms. The van der Waals surface area contributed by atoms with Crippen LogP contribution in [0.15, 0.2) is 47.6 Å². The number of hydrogen-bond acceptors (Lipinski definition) is 9. The second kappa shape index (κ2) is 14.7. The molecule has 0 radical (unpaired) electrons. The van der Waals surface area contributed by atoms with Crippen LogP contribution in [0.4, 0.5) is 5.00 Å². The van der Waals surface area contributed by atoms with Gasteiger partial charge in [-0.15, -0.1) is 11.3 Å². The Morgan fingerprint density at radius 1 is 1.09 bits per heavy atom. The Bertz CT molecular complexity index is 1480. The van der Waals surface area contributed by atoms with E-state index in [9.17, 15) is 14.4 Å². The topological polar surface area (TPSA) is 125 Å². The first-order valence-electron chi connectivity index (χ1n) is 14.3. The summed E-state index contributed by atoms with van der Waals surface area (Å²) in [6.45, 7) is 8.21. The molecule has 2 amide bonds. The van der Waals surface area contributed by atoms with Crippen LogP contribution in [-0.4, -0.2) is 50.4 Å².